The van der Waals surface area contributed by atoms with Gasteiger partial charge >= 0.3 is 5.97 Å². The molecular weight excluding hydrogens is 266 g/mol. The lowest BCUT2D eigenvalue weighted by Gasteiger charge is -2.22. The van der Waals surface area contributed by atoms with Crippen molar-refractivity contribution in [3.8, 4) is 11.4 Å². The van der Waals surface area contributed by atoms with Crippen LogP contribution in [0.4, 0.5) is 0 Å². The van der Waals surface area contributed by atoms with Crippen molar-refractivity contribution in [2.45, 2.75) is 33.1 Å². The van der Waals surface area contributed by atoms with Gasteiger partial charge in [-0.3, -0.25) is 9.78 Å². The molecule has 1 atom stereocenters. The van der Waals surface area contributed by atoms with E-state index in [1.807, 2.05) is 19.9 Å². The van der Waals surface area contributed by atoms with Crippen LogP contribution in [0.1, 0.15) is 28.9 Å². The number of hydrogen-bond donors (Lipinski definition) is 1. The largest absolute Gasteiger partial charge is 0.481 e. The zero-order valence-electron chi connectivity index (χ0n) is 12.1. The number of aryl methyl sites for hydroxylation is 3. The molecule has 2 aromatic heterocycles. The highest BCUT2D eigenvalue weighted by molar-refractivity contribution is 5.71. The lowest BCUT2D eigenvalue weighted by molar-refractivity contribution is -0.142. The molecule has 5 heteroatoms. The first-order valence-corrected chi connectivity index (χ1v) is 7.06. The number of aliphatic carboxylic acids is 1. The number of carboxylic acid groups (broad SMARTS) is 1. The van der Waals surface area contributed by atoms with E-state index in [0.717, 1.165) is 28.1 Å². The summed E-state index contributed by atoms with van der Waals surface area (Å²) in [7, 11) is 0. The van der Waals surface area contributed by atoms with Gasteiger partial charge in [-0.15, -0.1) is 0 Å². The fourth-order valence-electron chi connectivity index (χ4n) is 2.82. The van der Waals surface area contributed by atoms with Crippen molar-refractivity contribution in [2.75, 3.05) is 0 Å². The third kappa shape index (κ3) is 2.51. The van der Waals surface area contributed by atoms with E-state index in [2.05, 4.69) is 15.0 Å². The van der Waals surface area contributed by atoms with Crippen LogP contribution in [0.15, 0.2) is 18.5 Å². The summed E-state index contributed by atoms with van der Waals surface area (Å²) in [6.45, 7) is 3.94. The molecule has 1 unspecified atom stereocenters. The minimum Gasteiger partial charge on any atom is -0.481 e. The molecule has 0 radical (unpaired) electrons. The van der Waals surface area contributed by atoms with Crippen molar-refractivity contribution >= 4 is 5.97 Å². The number of fused-ring (bicyclic) bond motifs is 1. The van der Waals surface area contributed by atoms with Gasteiger partial charge in [-0.1, -0.05) is 0 Å². The topological polar surface area (TPSA) is 76.0 Å². The van der Waals surface area contributed by atoms with E-state index in [1.165, 1.54) is 0 Å². The van der Waals surface area contributed by atoms with Crippen molar-refractivity contribution in [3.05, 3.63) is 41.0 Å². The molecule has 0 amide bonds. The van der Waals surface area contributed by atoms with Gasteiger partial charge in [0, 0.05) is 29.3 Å². The molecule has 1 aliphatic rings. The highest BCUT2D eigenvalue weighted by Crippen LogP contribution is 2.29. The number of hydrogen-bond acceptors (Lipinski definition) is 4. The molecule has 0 aromatic carbocycles. The summed E-state index contributed by atoms with van der Waals surface area (Å²) in [5, 5.41) is 9.17. The van der Waals surface area contributed by atoms with Crippen LogP contribution >= 0.6 is 0 Å². The van der Waals surface area contributed by atoms with Gasteiger partial charge in [0.25, 0.3) is 0 Å². The fraction of sp³-hybridized carbons (Fsp3) is 0.375. The molecule has 0 saturated carbocycles. The third-order valence-electron chi connectivity index (χ3n) is 4.11. The quantitative estimate of drug-likeness (QED) is 0.915. The molecule has 0 bridgehead atoms. The van der Waals surface area contributed by atoms with Gasteiger partial charge in [-0.25, -0.2) is 9.97 Å². The van der Waals surface area contributed by atoms with E-state index >= 15 is 0 Å². The molecule has 1 N–H and O–H groups in total. The standard InChI is InChI=1S/C16H17N3O2/c1-9-5-6-17-8-13(9)15-18-10(2)12-7-11(16(20)21)3-4-14(12)19-15/h5-6,8,11H,3-4,7H2,1-2H3,(H,20,21). The number of pyridine rings is 1. The Kier molecular flexibility index (Phi) is 3.41. The maximum absolute atomic E-state index is 11.2. The fourth-order valence-corrected chi connectivity index (χ4v) is 2.82. The lowest BCUT2D eigenvalue weighted by atomic mass is 9.86. The first-order chi connectivity index (χ1) is 10.1. The smallest absolute Gasteiger partial charge is 0.306 e. The molecule has 3 rings (SSSR count). The summed E-state index contributed by atoms with van der Waals surface area (Å²) in [5.74, 6) is -0.358. The SMILES string of the molecule is Cc1ccncc1-c1nc(C)c2c(n1)CCC(C(=O)O)C2. The Morgan fingerprint density at radius 1 is 1.33 bits per heavy atom. The highest BCUT2D eigenvalue weighted by Gasteiger charge is 2.27. The molecule has 2 aromatic rings. The second kappa shape index (κ2) is 5.24. The van der Waals surface area contributed by atoms with Crippen LogP contribution in [0, 0.1) is 19.8 Å². The first-order valence-electron chi connectivity index (χ1n) is 7.06. The maximum Gasteiger partial charge on any atom is 0.306 e. The minimum atomic E-state index is -0.729. The average Bonchev–Trinajstić information content (AvgIpc) is 2.47. The Balaban J connectivity index is 2.04. The molecular formula is C16H17N3O2. The van der Waals surface area contributed by atoms with Crippen LogP contribution in [0.3, 0.4) is 0 Å². The number of nitrogens with zero attached hydrogens (tertiary/aromatic N) is 3. The van der Waals surface area contributed by atoms with E-state index in [1.54, 1.807) is 12.4 Å². The van der Waals surface area contributed by atoms with Crippen molar-refractivity contribution in [1.29, 1.82) is 0 Å². The van der Waals surface area contributed by atoms with Gasteiger partial charge in [-0.05, 0) is 50.3 Å². The summed E-state index contributed by atoms with van der Waals surface area (Å²) in [4.78, 5) is 24.5. The highest BCUT2D eigenvalue weighted by atomic mass is 16.4. The maximum atomic E-state index is 11.2. The van der Waals surface area contributed by atoms with E-state index in [-0.39, 0.29) is 5.92 Å². The summed E-state index contributed by atoms with van der Waals surface area (Å²) in [6.07, 6.45) is 5.40. The van der Waals surface area contributed by atoms with Crippen molar-refractivity contribution in [1.82, 2.24) is 15.0 Å². The summed E-state index contributed by atoms with van der Waals surface area (Å²) < 4.78 is 0. The zero-order valence-corrected chi connectivity index (χ0v) is 12.1. The van der Waals surface area contributed by atoms with Crippen LogP contribution in [-0.2, 0) is 17.6 Å². The molecule has 0 fully saturated rings. The molecule has 2 heterocycles. The average molecular weight is 283 g/mol. The van der Waals surface area contributed by atoms with Gasteiger partial charge in [0.2, 0.25) is 0 Å². The molecule has 0 aliphatic heterocycles. The number of rotatable bonds is 2. The first kappa shape index (κ1) is 13.7. The van der Waals surface area contributed by atoms with Gasteiger partial charge in [0.05, 0.1) is 5.92 Å². The van der Waals surface area contributed by atoms with E-state index in [4.69, 9.17) is 0 Å². The Bertz CT molecular complexity index is 713. The van der Waals surface area contributed by atoms with Gasteiger partial charge in [-0.2, -0.15) is 0 Å². The van der Waals surface area contributed by atoms with Gasteiger partial charge < -0.3 is 5.11 Å². The summed E-state index contributed by atoms with van der Waals surface area (Å²) in [5.41, 5.74) is 4.88. The van der Waals surface area contributed by atoms with Crippen LogP contribution in [-0.4, -0.2) is 26.0 Å². The molecule has 0 spiro atoms. The van der Waals surface area contributed by atoms with Crippen LogP contribution in [0.25, 0.3) is 11.4 Å². The second-order valence-corrected chi connectivity index (χ2v) is 5.53. The Hall–Kier alpha value is -2.30. The van der Waals surface area contributed by atoms with Crippen LogP contribution in [0.2, 0.25) is 0 Å². The predicted octanol–water partition coefficient (Wildman–Crippen LogP) is 2.34. The molecule has 0 saturated heterocycles. The molecule has 21 heavy (non-hydrogen) atoms. The van der Waals surface area contributed by atoms with Crippen LogP contribution in [0.5, 0.6) is 0 Å². The van der Waals surface area contributed by atoms with Crippen molar-refractivity contribution in [3.63, 3.8) is 0 Å². The number of aromatic nitrogens is 3. The number of carboxylic acids is 1. The second-order valence-electron chi connectivity index (χ2n) is 5.53. The monoisotopic (exact) mass is 283 g/mol. The Morgan fingerprint density at radius 3 is 2.86 bits per heavy atom. The summed E-state index contributed by atoms with van der Waals surface area (Å²) >= 11 is 0. The lowest BCUT2D eigenvalue weighted by Crippen LogP contribution is -2.24. The zero-order chi connectivity index (χ0) is 15.0. The van der Waals surface area contributed by atoms with E-state index in [0.29, 0.717) is 25.1 Å². The Labute approximate surface area is 123 Å². The normalized spacial score (nSPS) is 17.3. The van der Waals surface area contributed by atoms with Gasteiger partial charge in [0.15, 0.2) is 5.82 Å². The van der Waals surface area contributed by atoms with Gasteiger partial charge in [0.1, 0.15) is 0 Å². The Morgan fingerprint density at radius 2 is 2.14 bits per heavy atom. The number of carbonyl (C=O) groups is 1. The molecule has 5 nitrogen and oxygen atoms in total. The molecule has 108 valence electrons. The van der Waals surface area contributed by atoms with Crippen LogP contribution < -0.4 is 0 Å². The third-order valence-corrected chi connectivity index (χ3v) is 4.11. The van der Waals surface area contributed by atoms with Crippen molar-refractivity contribution in [2.24, 2.45) is 5.92 Å². The molecule has 1 aliphatic carbocycles. The predicted molar refractivity (Wildman–Crippen MR) is 77.9 cm³/mol. The summed E-state index contributed by atoms with van der Waals surface area (Å²) in [6, 6.07) is 1.94. The van der Waals surface area contributed by atoms with Crippen molar-refractivity contribution < 1.29 is 9.90 Å². The minimum absolute atomic E-state index is 0.314. The van der Waals surface area contributed by atoms with E-state index < -0.39 is 5.97 Å². The van der Waals surface area contributed by atoms with E-state index in [9.17, 15) is 9.90 Å².